The van der Waals surface area contributed by atoms with Crippen molar-refractivity contribution in [1.29, 1.82) is 0 Å². The molecule has 0 saturated heterocycles. The molecule has 0 saturated carbocycles. The van der Waals surface area contributed by atoms with E-state index in [1.54, 1.807) is 36.1 Å². The van der Waals surface area contributed by atoms with Gasteiger partial charge in [-0.3, -0.25) is 4.79 Å². The number of nitrogens with zero attached hydrogens (tertiary/aromatic N) is 3. The van der Waals surface area contributed by atoms with Gasteiger partial charge in [0, 0.05) is 17.8 Å². The van der Waals surface area contributed by atoms with E-state index >= 15 is 0 Å². The van der Waals surface area contributed by atoms with Crippen LogP contribution in [-0.2, 0) is 16.9 Å². The number of benzene rings is 2. The lowest BCUT2D eigenvalue weighted by atomic mass is 9.98. The average Bonchev–Trinajstić information content (AvgIpc) is 3.09. The van der Waals surface area contributed by atoms with Crippen LogP contribution in [0.4, 0.5) is 20.3 Å². The fraction of sp³-hybridized carbons (Fsp3) is 0.333. The fourth-order valence-electron chi connectivity index (χ4n) is 4.20. The number of nitrogens with one attached hydrogen (secondary N) is 1. The molecule has 3 aromatic rings. The lowest BCUT2D eigenvalue weighted by molar-refractivity contribution is -0.140. The molecular weight excluding hydrogens is 412 g/mol. The monoisotopic (exact) mass is 439 g/mol. The number of anilines is 2. The zero-order valence-corrected chi connectivity index (χ0v) is 18.5. The molecule has 8 heteroatoms. The maximum atomic E-state index is 14.0. The standard InChI is InChI=1S/C24H27F2N5O/c1-15-12-18(8-9-19(15)26)28-22-21(16-6-4-7-17(25)13-16)29-23-24(2,3)31(11-5-10-27)20(32)14-30(22)23/h4,6-9,12-13,28H,5,10-11,14,27H2,1-3H3. The van der Waals surface area contributed by atoms with Crippen molar-refractivity contribution < 1.29 is 13.6 Å². The second-order valence-corrected chi connectivity index (χ2v) is 8.56. The number of carbonyl (C=O) groups excluding carboxylic acids is 1. The first-order chi connectivity index (χ1) is 15.2. The smallest absolute Gasteiger partial charge is 0.243 e. The van der Waals surface area contributed by atoms with Gasteiger partial charge in [-0.15, -0.1) is 0 Å². The molecule has 0 spiro atoms. The Labute approximate surface area is 186 Å². The van der Waals surface area contributed by atoms with Crippen LogP contribution in [0.3, 0.4) is 0 Å². The van der Waals surface area contributed by atoms with Gasteiger partial charge in [-0.1, -0.05) is 12.1 Å². The molecule has 6 nitrogen and oxygen atoms in total. The van der Waals surface area contributed by atoms with Crippen molar-refractivity contribution in [2.45, 2.75) is 39.3 Å². The SMILES string of the molecule is Cc1cc(Nc2c(-c3cccc(F)c3)nc3n2CC(=O)N(CCCN)C3(C)C)ccc1F. The van der Waals surface area contributed by atoms with Gasteiger partial charge in [0.1, 0.15) is 35.5 Å². The van der Waals surface area contributed by atoms with Crippen LogP contribution in [0.2, 0.25) is 0 Å². The van der Waals surface area contributed by atoms with Gasteiger partial charge in [0.05, 0.1) is 5.54 Å². The molecule has 0 fully saturated rings. The van der Waals surface area contributed by atoms with Crippen molar-refractivity contribution in [3.05, 3.63) is 65.5 Å². The van der Waals surface area contributed by atoms with Crippen LogP contribution in [0, 0.1) is 18.6 Å². The van der Waals surface area contributed by atoms with Gasteiger partial charge in [-0.25, -0.2) is 13.8 Å². The molecule has 4 rings (SSSR count). The third-order valence-electron chi connectivity index (χ3n) is 5.89. The van der Waals surface area contributed by atoms with E-state index in [0.29, 0.717) is 53.7 Å². The highest BCUT2D eigenvalue weighted by molar-refractivity contribution is 5.83. The summed E-state index contributed by atoms with van der Waals surface area (Å²) in [5.74, 6) is 0.531. The van der Waals surface area contributed by atoms with Crippen molar-refractivity contribution in [3.8, 4) is 11.3 Å². The van der Waals surface area contributed by atoms with E-state index in [-0.39, 0.29) is 24.1 Å². The number of carbonyl (C=O) groups is 1. The molecule has 1 aliphatic rings. The highest BCUT2D eigenvalue weighted by atomic mass is 19.1. The maximum Gasteiger partial charge on any atom is 0.243 e. The van der Waals surface area contributed by atoms with Crippen LogP contribution >= 0.6 is 0 Å². The first-order valence-electron chi connectivity index (χ1n) is 10.6. The third-order valence-corrected chi connectivity index (χ3v) is 5.89. The molecule has 0 radical (unpaired) electrons. The number of hydrogen-bond donors (Lipinski definition) is 2. The highest BCUT2D eigenvalue weighted by Gasteiger charge is 2.42. The van der Waals surface area contributed by atoms with E-state index in [1.165, 1.54) is 18.2 Å². The molecule has 2 aromatic carbocycles. The fourth-order valence-corrected chi connectivity index (χ4v) is 4.20. The molecule has 1 aromatic heterocycles. The summed E-state index contributed by atoms with van der Waals surface area (Å²) in [7, 11) is 0. The molecule has 0 bridgehead atoms. The number of amides is 1. The Bertz CT molecular complexity index is 1170. The topological polar surface area (TPSA) is 76.2 Å². The van der Waals surface area contributed by atoms with E-state index in [4.69, 9.17) is 10.7 Å². The average molecular weight is 440 g/mol. The Kier molecular flexibility index (Phi) is 5.73. The minimum Gasteiger partial charge on any atom is -0.340 e. The number of hydrogen-bond acceptors (Lipinski definition) is 4. The predicted octanol–water partition coefficient (Wildman–Crippen LogP) is 4.31. The molecule has 0 atom stereocenters. The molecular formula is C24H27F2N5O. The number of rotatable bonds is 6. The summed E-state index contributed by atoms with van der Waals surface area (Å²) < 4.78 is 29.7. The second kappa shape index (κ2) is 8.35. The molecule has 168 valence electrons. The van der Waals surface area contributed by atoms with Crippen LogP contribution in [0.15, 0.2) is 42.5 Å². The Hall–Kier alpha value is -3.26. The van der Waals surface area contributed by atoms with Crippen molar-refractivity contribution in [2.75, 3.05) is 18.4 Å². The van der Waals surface area contributed by atoms with Crippen molar-refractivity contribution in [2.24, 2.45) is 5.73 Å². The first-order valence-corrected chi connectivity index (χ1v) is 10.6. The van der Waals surface area contributed by atoms with E-state index < -0.39 is 5.54 Å². The Balaban J connectivity index is 1.87. The maximum absolute atomic E-state index is 14.0. The Morgan fingerprint density at radius 2 is 1.97 bits per heavy atom. The number of aromatic nitrogens is 2. The third kappa shape index (κ3) is 3.86. The van der Waals surface area contributed by atoms with Crippen molar-refractivity contribution >= 4 is 17.4 Å². The lowest BCUT2D eigenvalue weighted by Crippen LogP contribution is -2.53. The van der Waals surface area contributed by atoms with Crippen molar-refractivity contribution in [3.63, 3.8) is 0 Å². The van der Waals surface area contributed by atoms with Gasteiger partial charge in [-0.05, 0) is 69.6 Å². The molecule has 32 heavy (non-hydrogen) atoms. The summed E-state index contributed by atoms with van der Waals surface area (Å²) >= 11 is 0. The summed E-state index contributed by atoms with van der Waals surface area (Å²) in [6.07, 6.45) is 0.687. The van der Waals surface area contributed by atoms with Crippen LogP contribution in [0.5, 0.6) is 0 Å². The van der Waals surface area contributed by atoms with Crippen LogP contribution in [-0.4, -0.2) is 33.4 Å². The molecule has 1 amide bonds. The zero-order chi connectivity index (χ0) is 23.0. The second-order valence-electron chi connectivity index (χ2n) is 8.56. The van der Waals surface area contributed by atoms with E-state index in [9.17, 15) is 13.6 Å². The van der Waals surface area contributed by atoms with Crippen LogP contribution in [0.25, 0.3) is 11.3 Å². The first kappa shape index (κ1) is 22.0. The minimum atomic E-state index is -0.689. The summed E-state index contributed by atoms with van der Waals surface area (Å²) in [4.78, 5) is 19.8. The van der Waals surface area contributed by atoms with E-state index in [0.717, 1.165) is 0 Å². The molecule has 2 heterocycles. The van der Waals surface area contributed by atoms with Crippen LogP contribution < -0.4 is 11.1 Å². The number of nitrogens with two attached hydrogens (primary N) is 1. The summed E-state index contributed by atoms with van der Waals surface area (Å²) in [5.41, 5.74) is 7.24. The van der Waals surface area contributed by atoms with E-state index in [1.807, 2.05) is 18.4 Å². The Morgan fingerprint density at radius 3 is 2.66 bits per heavy atom. The summed E-state index contributed by atoms with van der Waals surface area (Å²) in [6, 6.07) is 10.9. The summed E-state index contributed by atoms with van der Waals surface area (Å²) in [5, 5.41) is 3.30. The van der Waals surface area contributed by atoms with E-state index in [2.05, 4.69) is 5.32 Å². The minimum absolute atomic E-state index is 0.0440. The molecule has 0 aliphatic carbocycles. The number of aryl methyl sites for hydroxylation is 1. The van der Waals surface area contributed by atoms with Gasteiger partial charge in [0.25, 0.3) is 0 Å². The normalized spacial score (nSPS) is 15.1. The zero-order valence-electron chi connectivity index (χ0n) is 18.5. The number of halogens is 2. The quantitative estimate of drug-likeness (QED) is 0.600. The predicted molar refractivity (Wildman–Crippen MR) is 120 cm³/mol. The van der Waals surface area contributed by atoms with Gasteiger partial charge in [-0.2, -0.15) is 0 Å². The summed E-state index contributed by atoms with van der Waals surface area (Å²) in [6.45, 7) is 6.68. The van der Waals surface area contributed by atoms with Gasteiger partial charge >= 0.3 is 0 Å². The number of imidazole rings is 1. The molecule has 3 N–H and O–H groups in total. The van der Waals surface area contributed by atoms with Crippen LogP contribution in [0.1, 0.15) is 31.7 Å². The van der Waals surface area contributed by atoms with Gasteiger partial charge in [0.2, 0.25) is 5.91 Å². The molecule has 1 aliphatic heterocycles. The largest absolute Gasteiger partial charge is 0.340 e. The van der Waals surface area contributed by atoms with Gasteiger partial charge < -0.3 is 20.5 Å². The Morgan fingerprint density at radius 1 is 1.19 bits per heavy atom. The van der Waals surface area contributed by atoms with Crippen molar-refractivity contribution in [1.82, 2.24) is 14.5 Å². The highest BCUT2D eigenvalue weighted by Crippen LogP contribution is 2.40. The van der Waals surface area contributed by atoms with Gasteiger partial charge in [0.15, 0.2) is 0 Å². The number of fused-ring (bicyclic) bond motifs is 1. The lowest BCUT2D eigenvalue weighted by Gasteiger charge is -2.42. The molecule has 0 unspecified atom stereocenters.